The number of hydrogen-bond acceptors (Lipinski definition) is 3. The van der Waals surface area contributed by atoms with Gasteiger partial charge in [0.2, 0.25) is 0 Å². The van der Waals surface area contributed by atoms with Crippen molar-refractivity contribution >= 4 is 5.91 Å². The van der Waals surface area contributed by atoms with Gasteiger partial charge in [0.15, 0.2) is 6.10 Å². The first-order valence-corrected chi connectivity index (χ1v) is 7.92. The van der Waals surface area contributed by atoms with E-state index in [1.165, 1.54) is 12.1 Å². The molecule has 4 nitrogen and oxygen atoms in total. The average molecular weight is 331 g/mol. The Kier molecular flexibility index (Phi) is 6.32. The van der Waals surface area contributed by atoms with Crippen LogP contribution >= 0.6 is 0 Å². The molecule has 0 bridgehead atoms. The molecule has 1 atom stereocenters. The molecule has 2 rings (SSSR count). The van der Waals surface area contributed by atoms with Crippen LogP contribution in [-0.2, 0) is 17.9 Å². The van der Waals surface area contributed by atoms with Crippen molar-refractivity contribution in [3.63, 3.8) is 0 Å². The maximum absolute atomic E-state index is 13.4. The van der Waals surface area contributed by atoms with Crippen LogP contribution in [0.2, 0.25) is 0 Å². The Morgan fingerprint density at radius 3 is 2.75 bits per heavy atom. The molecule has 5 heteroatoms. The Balaban J connectivity index is 1.97. The molecule has 2 aromatic carbocycles. The van der Waals surface area contributed by atoms with Gasteiger partial charge in [-0.25, -0.2) is 4.39 Å². The highest BCUT2D eigenvalue weighted by Gasteiger charge is 2.18. The molecule has 128 valence electrons. The topological polar surface area (TPSA) is 58.6 Å². The van der Waals surface area contributed by atoms with Gasteiger partial charge in [0.25, 0.3) is 5.91 Å². The van der Waals surface area contributed by atoms with E-state index in [1.54, 1.807) is 6.07 Å². The Morgan fingerprint density at radius 2 is 2.08 bits per heavy atom. The molecule has 0 aliphatic heterocycles. The van der Waals surface area contributed by atoms with Crippen LogP contribution in [-0.4, -0.2) is 17.1 Å². The van der Waals surface area contributed by atoms with Gasteiger partial charge in [-0.3, -0.25) is 4.79 Å². The molecule has 0 aromatic heterocycles. The SMILES string of the molecule is CCC(Oc1cccc(C)c1)C(=O)NCc1ccc(F)c(CO)c1. The molecule has 0 aliphatic rings. The monoisotopic (exact) mass is 331 g/mol. The van der Waals surface area contributed by atoms with Crippen LogP contribution in [0, 0.1) is 12.7 Å². The van der Waals surface area contributed by atoms with Gasteiger partial charge in [0.05, 0.1) is 6.61 Å². The van der Waals surface area contributed by atoms with E-state index in [4.69, 9.17) is 9.84 Å². The second-order valence-electron chi connectivity index (χ2n) is 5.63. The van der Waals surface area contributed by atoms with Crippen molar-refractivity contribution in [1.82, 2.24) is 5.32 Å². The van der Waals surface area contributed by atoms with Crippen molar-refractivity contribution in [2.24, 2.45) is 0 Å². The summed E-state index contributed by atoms with van der Waals surface area (Å²) in [7, 11) is 0. The summed E-state index contributed by atoms with van der Waals surface area (Å²) in [6.07, 6.45) is -0.0602. The van der Waals surface area contributed by atoms with Crippen molar-refractivity contribution < 1.29 is 19.0 Å². The summed E-state index contributed by atoms with van der Waals surface area (Å²) in [4.78, 5) is 12.3. The van der Waals surface area contributed by atoms with Crippen LogP contribution in [0.4, 0.5) is 4.39 Å². The number of amides is 1. The predicted molar refractivity (Wildman–Crippen MR) is 90.1 cm³/mol. The lowest BCUT2D eigenvalue weighted by Gasteiger charge is -2.17. The number of ether oxygens (including phenoxy) is 1. The normalized spacial score (nSPS) is 11.8. The van der Waals surface area contributed by atoms with Crippen LogP contribution in [0.5, 0.6) is 5.75 Å². The Bertz CT molecular complexity index is 703. The fourth-order valence-corrected chi connectivity index (χ4v) is 2.34. The zero-order valence-electron chi connectivity index (χ0n) is 13.9. The number of nitrogens with one attached hydrogen (secondary N) is 1. The van der Waals surface area contributed by atoms with Crippen molar-refractivity contribution in [2.45, 2.75) is 39.5 Å². The van der Waals surface area contributed by atoms with Crippen LogP contribution in [0.25, 0.3) is 0 Å². The highest BCUT2D eigenvalue weighted by molar-refractivity contribution is 5.81. The van der Waals surface area contributed by atoms with Gasteiger partial charge in [-0.2, -0.15) is 0 Å². The number of benzene rings is 2. The van der Waals surface area contributed by atoms with Crippen LogP contribution in [0.15, 0.2) is 42.5 Å². The fourth-order valence-electron chi connectivity index (χ4n) is 2.34. The van der Waals surface area contributed by atoms with Crippen molar-refractivity contribution in [3.8, 4) is 5.75 Å². The smallest absolute Gasteiger partial charge is 0.261 e. The van der Waals surface area contributed by atoms with Crippen LogP contribution in [0.1, 0.15) is 30.0 Å². The van der Waals surface area contributed by atoms with E-state index in [1.807, 2.05) is 38.1 Å². The third kappa shape index (κ3) is 4.80. The number of carbonyl (C=O) groups excluding carboxylic acids is 1. The third-order valence-corrected chi connectivity index (χ3v) is 3.68. The lowest BCUT2D eigenvalue weighted by Crippen LogP contribution is -2.37. The molecule has 2 aromatic rings. The van der Waals surface area contributed by atoms with E-state index >= 15 is 0 Å². The molecule has 0 saturated heterocycles. The maximum Gasteiger partial charge on any atom is 0.261 e. The third-order valence-electron chi connectivity index (χ3n) is 3.68. The molecule has 2 N–H and O–H groups in total. The zero-order valence-corrected chi connectivity index (χ0v) is 13.9. The largest absolute Gasteiger partial charge is 0.481 e. The molecule has 1 unspecified atom stereocenters. The maximum atomic E-state index is 13.4. The summed E-state index contributed by atoms with van der Waals surface area (Å²) in [5.74, 6) is -0.0305. The molecule has 0 saturated carbocycles. The molecular formula is C19H22FNO3. The Labute approximate surface area is 141 Å². The number of halogens is 1. The molecular weight excluding hydrogens is 309 g/mol. The molecule has 0 spiro atoms. The van der Waals surface area contributed by atoms with E-state index in [0.29, 0.717) is 12.2 Å². The first-order valence-electron chi connectivity index (χ1n) is 7.92. The molecule has 1 amide bonds. The minimum atomic E-state index is -0.593. The molecule has 0 aliphatic carbocycles. The summed E-state index contributed by atoms with van der Waals surface area (Å²) >= 11 is 0. The second kappa shape index (κ2) is 8.45. The summed E-state index contributed by atoms with van der Waals surface area (Å²) in [5.41, 5.74) is 2.00. The quantitative estimate of drug-likeness (QED) is 0.820. The van der Waals surface area contributed by atoms with E-state index in [-0.39, 0.29) is 24.6 Å². The van der Waals surface area contributed by atoms with Crippen molar-refractivity contribution in [3.05, 3.63) is 65.0 Å². The summed E-state index contributed by atoms with van der Waals surface area (Å²) in [5, 5.41) is 11.9. The molecule has 0 radical (unpaired) electrons. The van der Waals surface area contributed by atoms with Gasteiger partial charge in [0.1, 0.15) is 11.6 Å². The standard InChI is InChI=1S/C19H22FNO3/c1-3-18(24-16-6-4-5-13(2)9-16)19(23)21-11-14-7-8-17(20)15(10-14)12-22/h4-10,18,22H,3,11-12H2,1-2H3,(H,21,23). The van der Waals surface area contributed by atoms with Gasteiger partial charge in [0, 0.05) is 12.1 Å². The number of aliphatic hydroxyl groups is 1. The van der Waals surface area contributed by atoms with Crippen LogP contribution < -0.4 is 10.1 Å². The molecule has 0 heterocycles. The highest BCUT2D eigenvalue weighted by atomic mass is 19.1. The van der Waals surface area contributed by atoms with E-state index in [2.05, 4.69) is 5.32 Å². The van der Waals surface area contributed by atoms with Gasteiger partial charge >= 0.3 is 0 Å². The number of hydrogen-bond donors (Lipinski definition) is 2. The van der Waals surface area contributed by atoms with Gasteiger partial charge < -0.3 is 15.2 Å². The van der Waals surface area contributed by atoms with E-state index in [0.717, 1.165) is 11.1 Å². The molecule has 24 heavy (non-hydrogen) atoms. The lowest BCUT2D eigenvalue weighted by atomic mass is 10.1. The zero-order chi connectivity index (χ0) is 17.5. The Morgan fingerprint density at radius 1 is 1.29 bits per heavy atom. The van der Waals surface area contributed by atoms with E-state index < -0.39 is 11.9 Å². The first kappa shape index (κ1) is 17.9. The van der Waals surface area contributed by atoms with Crippen molar-refractivity contribution in [2.75, 3.05) is 0 Å². The first-order chi connectivity index (χ1) is 11.5. The lowest BCUT2D eigenvalue weighted by molar-refractivity contribution is -0.128. The number of aryl methyl sites for hydroxylation is 1. The van der Waals surface area contributed by atoms with Crippen molar-refractivity contribution in [1.29, 1.82) is 0 Å². The second-order valence-corrected chi connectivity index (χ2v) is 5.63. The fraction of sp³-hybridized carbons (Fsp3) is 0.316. The van der Waals surface area contributed by atoms with Gasteiger partial charge in [-0.1, -0.05) is 25.1 Å². The highest BCUT2D eigenvalue weighted by Crippen LogP contribution is 2.16. The van der Waals surface area contributed by atoms with E-state index in [9.17, 15) is 9.18 Å². The Hall–Kier alpha value is -2.40. The number of carbonyl (C=O) groups is 1. The summed E-state index contributed by atoms with van der Waals surface area (Å²) < 4.78 is 19.1. The van der Waals surface area contributed by atoms with Gasteiger partial charge in [-0.05, 0) is 48.7 Å². The van der Waals surface area contributed by atoms with Gasteiger partial charge in [-0.15, -0.1) is 0 Å². The number of aliphatic hydroxyl groups excluding tert-OH is 1. The summed E-state index contributed by atoms with van der Waals surface area (Å²) in [6, 6.07) is 11.9. The van der Waals surface area contributed by atoms with Crippen LogP contribution in [0.3, 0.4) is 0 Å². The average Bonchev–Trinajstić information content (AvgIpc) is 2.58. The summed E-state index contributed by atoms with van der Waals surface area (Å²) in [6.45, 7) is 3.71. The minimum absolute atomic E-state index is 0.213. The predicted octanol–water partition coefficient (Wildman–Crippen LogP) is 3.10. The number of rotatable bonds is 7. The minimum Gasteiger partial charge on any atom is -0.481 e. The molecule has 0 fully saturated rings.